The molecule has 0 aliphatic carbocycles. The number of nitrogens with zero attached hydrogens (tertiary/aromatic N) is 2. The van der Waals surface area contributed by atoms with Crippen LogP contribution in [0.2, 0.25) is 0 Å². The van der Waals surface area contributed by atoms with Gasteiger partial charge < -0.3 is 10.4 Å². The molecule has 0 aliphatic heterocycles. The third kappa shape index (κ3) is 3.70. The van der Waals surface area contributed by atoms with Crippen LogP contribution in [0.15, 0.2) is 73.1 Å². The molecule has 2 N–H and O–H groups in total. The number of benzene rings is 2. The predicted octanol–water partition coefficient (Wildman–Crippen LogP) is 2.73. The summed E-state index contributed by atoms with van der Waals surface area (Å²) in [5.41, 5.74) is 2.35. The van der Waals surface area contributed by atoms with Gasteiger partial charge in [0.1, 0.15) is 0 Å². The first-order valence-electron chi connectivity index (χ1n) is 7.84. The Morgan fingerprint density at radius 2 is 1.75 bits per heavy atom. The number of aliphatic hydroxyl groups excluding tert-OH is 1. The van der Waals surface area contributed by atoms with Crippen molar-refractivity contribution in [1.29, 1.82) is 0 Å². The molecule has 24 heavy (non-hydrogen) atoms. The second kappa shape index (κ2) is 7.57. The van der Waals surface area contributed by atoms with Crippen LogP contribution in [-0.2, 0) is 0 Å². The molecule has 0 saturated heterocycles. The number of rotatable bonds is 6. The largest absolute Gasteiger partial charge is 0.396 e. The molecule has 122 valence electrons. The maximum atomic E-state index is 12.5. The molecule has 2 aromatic carbocycles. The Morgan fingerprint density at radius 3 is 2.42 bits per heavy atom. The lowest BCUT2D eigenvalue weighted by atomic mass is 10.0. The minimum atomic E-state index is -0.233. The van der Waals surface area contributed by atoms with Gasteiger partial charge in [-0.1, -0.05) is 48.5 Å². The predicted molar refractivity (Wildman–Crippen MR) is 91.9 cm³/mol. The SMILES string of the molecule is O=C(NC(CCO)c1ccccc1)c1cnn(-c2ccccc2)c1. The van der Waals surface area contributed by atoms with E-state index in [2.05, 4.69) is 10.4 Å². The topological polar surface area (TPSA) is 67.2 Å². The van der Waals surface area contributed by atoms with Crippen molar-refractivity contribution in [2.75, 3.05) is 6.61 Å². The number of para-hydroxylation sites is 1. The lowest BCUT2D eigenvalue weighted by molar-refractivity contribution is 0.0930. The van der Waals surface area contributed by atoms with E-state index in [1.807, 2.05) is 60.7 Å². The zero-order chi connectivity index (χ0) is 16.8. The Labute approximate surface area is 140 Å². The highest BCUT2D eigenvalue weighted by molar-refractivity contribution is 5.94. The number of aliphatic hydroxyl groups is 1. The Bertz CT molecular complexity index is 785. The molecule has 5 heteroatoms. The summed E-state index contributed by atoms with van der Waals surface area (Å²) in [4.78, 5) is 12.5. The van der Waals surface area contributed by atoms with E-state index < -0.39 is 0 Å². The van der Waals surface area contributed by atoms with Gasteiger partial charge in [0.2, 0.25) is 0 Å². The molecule has 3 rings (SSSR count). The van der Waals surface area contributed by atoms with E-state index in [4.69, 9.17) is 0 Å². The van der Waals surface area contributed by atoms with E-state index in [1.54, 1.807) is 17.1 Å². The van der Waals surface area contributed by atoms with Crippen LogP contribution in [0, 0.1) is 0 Å². The number of hydrogen-bond donors (Lipinski definition) is 2. The zero-order valence-electron chi connectivity index (χ0n) is 13.2. The van der Waals surface area contributed by atoms with Gasteiger partial charge in [-0.15, -0.1) is 0 Å². The third-order valence-electron chi connectivity index (χ3n) is 3.79. The average molecular weight is 321 g/mol. The van der Waals surface area contributed by atoms with Crippen molar-refractivity contribution in [2.45, 2.75) is 12.5 Å². The van der Waals surface area contributed by atoms with Gasteiger partial charge in [-0.3, -0.25) is 4.79 Å². The van der Waals surface area contributed by atoms with E-state index in [9.17, 15) is 9.90 Å². The van der Waals surface area contributed by atoms with Crippen molar-refractivity contribution >= 4 is 5.91 Å². The van der Waals surface area contributed by atoms with Crippen molar-refractivity contribution in [3.05, 3.63) is 84.2 Å². The third-order valence-corrected chi connectivity index (χ3v) is 3.79. The average Bonchev–Trinajstić information content (AvgIpc) is 3.13. The van der Waals surface area contributed by atoms with E-state index in [0.29, 0.717) is 12.0 Å². The van der Waals surface area contributed by atoms with E-state index in [0.717, 1.165) is 11.3 Å². The molecule has 1 atom stereocenters. The Morgan fingerprint density at radius 1 is 1.08 bits per heavy atom. The molecular formula is C19H19N3O2. The summed E-state index contributed by atoms with van der Waals surface area (Å²) in [6.07, 6.45) is 3.71. The number of nitrogens with one attached hydrogen (secondary N) is 1. The maximum absolute atomic E-state index is 12.5. The molecule has 0 fully saturated rings. The molecule has 5 nitrogen and oxygen atoms in total. The fourth-order valence-corrected chi connectivity index (χ4v) is 2.54. The fourth-order valence-electron chi connectivity index (χ4n) is 2.54. The minimum absolute atomic E-state index is 0.00309. The van der Waals surface area contributed by atoms with Crippen LogP contribution in [0.1, 0.15) is 28.4 Å². The van der Waals surface area contributed by atoms with Gasteiger partial charge in [-0.05, 0) is 24.1 Å². The van der Waals surface area contributed by atoms with Gasteiger partial charge in [-0.25, -0.2) is 4.68 Å². The number of hydrogen-bond acceptors (Lipinski definition) is 3. The van der Waals surface area contributed by atoms with Gasteiger partial charge in [0, 0.05) is 12.8 Å². The molecule has 0 bridgehead atoms. The van der Waals surface area contributed by atoms with Gasteiger partial charge in [-0.2, -0.15) is 5.10 Å². The Hall–Kier alpha value is -2.92. The number of amides is 1. The number of carbonyl (C=O) groups excluding carboxylic acids is 1. The van der Waals surface area contributed by atoms with Crippen molar-refractivity contribution in [3.8, 4) is 5.69 Å². The molecule has 3 aromatic rings. The Kier molecular flexibility index (Phi) is 5.03. The highest BCUT2D eigenvalue weighted by Gasteiger charge is 2.16. The second-order valence-electron chi connectivity index (χ2n) is 5.46. The first-order valence-corrected chi connectivity index (χ1v) is 7.84. The molecule has 1 aromatic heterocycles. The van der Waals surface area contributed by atoms with Crippen LogP contribution in [-0.4, -0.2) is 27.4 Å². The van der Waals surface area contributed by atoms with Crippen molar-refractivity contribution in [2.24, 2.45) is 0 Å². The van der Waals surface area contributed by atoms with Gasteiger partial charge in [0.25, 0.3) is 5.91 Å². The van der Waals surface area contributed by atoms with Crippen LogP contribution in [0.25, 0.3) is 5.69 Å². The van der Waals surface area contributed by atoms with Crippen LogP contribution in [0.4, 0.5) is 0 Å². The molecule has 0 aliphatic rings. The summed E-state index contributed by atoms with van der Waals surface area (Å²) in [7, 11) is 0. The molecule has 0 radical (unpaired) electrons. The lowest BCUT2D eigenvalue weighted by Gasteiger charge is -2.17. The molecular weight excluding hydrogens is 302 g/mol. The van der Waals surface area contributed by atoms with Crippen LogP contribution < -0.4 is 5.32 Å². The van der Waals surface area contributed by atoms with Crippen LogP contribution in [0.3, 0.4) is 0 Å². The lowest BCUT2D eigenvalue weighted by Crippen LogP contribution is -2.29. The van der Waals surface area contributed by atoms with E-state index in [1.165, 1.54) is 0 Å². The minimum Gasteiger partial charge on any atom is -0.396 e. The highest BCUT2D eigenvalue weighted by atomic mass is 16.3. The number of carbonyl (C=O) groups is 1. The van der Waals surface area contributed by atoms with E-state index >= 15 is 0 Å². The van der Waals surface area contributed by atoms with Crippen molar-refractivity contribution in [1.82, 2.24) is 15.1 Å². The first-order chi connectivity index (χ1) is 11.8. The standard InChI is InChI=1S/C19H19N3O2/c23-12-11-18(15-7-3-1-4-8-15)21-19(24)16-13-20-22(14-16)17-9-5-2-6-10-17/h1-10,13-14,18,23H,11-12H2,(H,21,24). The van der Waals surface area contributed by atoms with Crippen LogP contribution in [0.5, 0.6) is 0 Å². The van der Waals surface area contributed by atoms with Gasteiger partial charge in [0.15, 0.2) is 0 Å². The van der Waals surface area contributed by atoms with E-state index in [-0.39, 0.29) is 18.6 Å². The second-order valence-corrected chi connectivity index (χ2v) is 5.46. The number of aromatic nitrogens is 2. The normalized spacial score (nSPS) is 11.9. The summed E-state index contributed by atoms with van der Waals surface area (Å²) in [6.45, 7) is 0.00309. The zero-order valence-corrected chi connectivity index (χ0v) is 13.2. The fraction of sp³-hybridized carbons (Fsp3) is 0.158. The van der Waals surface area contributed by atoms with Crippen molar-refractivity contribution < 1.29 is 9.90 Å². The maximum Gasteiger partial charge on any atom is 0.254 e. The van der Waals surface area contributed by atoms with Gasteiger partial charge >= 0.3 is 0 Å². The summed E-state index contributed by atoms with van der Waals surface area (Å²) >= 11 is 0. The monoisotopic (exact) mass is 321 g/mol. The molecule has 0 saturated carbocycles. The molecule has 0 spiro atoms. The summed E-state index contributed by atoms with van der Waals surface area (Å²) in [5, 5.41) is 16.5. The van der Waals surface area contributed by atoms with Gasteiger partial charge in [0.05, 0.1) is 23.5 Å². The van der Waals surface area contributed by atoms with Crippen molar-refractivity contribution in [3.63, 3.8) is 0 Å². The summed E-state index contributed by atoms with van der Waals surface area (Å²) in [5.74, 6) is -0.209. The summed E-state index contributed by atoms with van der Waals surface area (Å²) < 4.78 is 1.67. The molecule has 1 unspecified atom stereocenters. The van der Waals surface area contributed by atoms with Crippen LogP contribution >= 0.6 is 0 Å². The Balaban J connectivity index is 1.75. The quantitative estimate of drug-likeness (QED) is 0.733. The highest BCUT2D eigenvalue weighted by Crippen LogP contribution is 2.17. The molecule has 1 amide bonds. The smallest absolute Gasteiger partial charge is 0.254 e. The summed E-state index contributed by atoms with van der Waals surface area (Å²) in [6, 6.07) is 19.0. The molecule has 1 heterocycles. The first kappa shape index (κ1) is 16.0.